The Kier molecular flexibility index (Phi) is 6.31. The molecule has 4 nitrogen and oxygen atoms in total. The molecule has 1 aromatic rings. The van der Waals surface area contributed by atoms with Gasteiger partial charge in [-0.2, -0.15) is 0 Å². The van der Waals surface area contributed by atoms with Crippen LogP contribution in [0.4, 0.5) is 5.69 Å². The molecule has 1 atom stereocenters. The summed E-state index contributed by atoms with van der Waals surface area (Å²) < 4.78 is 5.49. The molecule has 4 heteroatoms. The third-order valence-electron chi connectivity index (χ3n) is 2.47. The molecule has 0 saturated heterocycles. The van der Waals surface area contributed by atoms with Gasteiger partial charge in [-0.1, -0.05) is 12.8 Å². The van der Waals surface area contributed by atoms with Gasteiger partial charge in [0.15, 0.2) is 0 Å². The van der Waals surface area contributed by atoms with Gasteiger partial charge in [0, 0.05) is 5.69 Å². The van der Waals surface area contributed by atoms with E-state index in [0.29, 0.717) is 6.61 Å². The van der Waals surface area contributed by atoms with Crippen LogP contribution < -0.4 is 15.4 Å². The number of ether oxygens (including phenoxy) is 1. The molecule has 102 valence electrons. The highest BCUT2D eigenvalue weighted by atomic mass is 16.5. The van der Waals surface area contributed by atoms with Crippen LogP contribution in [0, 0.1) is 12.3 Å². The molecule has 1 rings (SSSR count). The number of carbonyl (C=O) groups excluding carboxylic acids is 1. The van der Waals surface area contributed by atoms with E-state index in [2.05, 4.69) is 23.5 Å². The number of terminal acetylenes is 1. The maximum atomic E-state index is 11.6. The van der Waals surface area contributed by atoms with Gasteiger partial charge in [-0.25, -0.2) is 0 Å². The molecule has 0 spiro atoms. The monoisotopic (exact) mass is 260 g/mol. The second-order valence-electron chi connectivity index (χ2n) is 4.16. The smallest absolute Gasteiger partial charge is 0.242 e. The van der Waals surface area contributed by atoms with E-state index in [0.717, 1.165) is 17.9 Å². The first-order valence-corrected chi connectivity index (χ1v) is 6.38. The van der Waals surface area contributed by atoms with Crippen molar-refractivity contribution in [3.8, 4) is 18.1 Å². The lowest BCUT2D eigenvalue weighted by Crippen LogP contribution is -2.37. The van der Waals surface area contributed by atoms with Gasteiger partial charge in [0.25, 0.3) is 0 Å². The molecule has 0 heterocycles. The van der Waals surface area contributed by atoms with Gasteiger partial charge in [-0.3, -0.25) is 4.79 Å². The maximum Gasteiger partial charge on any atom is 0.242 e. The topological polar surface area (TPSA) is 50.4 Å². The van der Waals surface area contributed by atoms with E-state index < -0.39 is 0 Å². The third-order valence-corrected chi connectivity index (χ3v) is 2.47. The first kappa shape index (κ1) is 14.9. The molecule has 0 bridgehead atoms. The Hall–Kier alpha value is -2.15. The van der Waals surface area contributed by atoms with Gasteiger partial charge in [-0.05, 0) is 37.6 Å². The van der Waals surface area contributed by atoms with Crippen molar-refractivity contribution in [1.29, 1.82) is 0 Å². The average Bonchev–Trinajstić information content (AvgIpc) is 2.43. The number of rotatable bonds is 7. The first-order chi connectivity index (χ1) is 9.17. The quantitative estimate of drug-likeness (QED) is 0.737. The summed E-state index contributed by atoms with van der Waals surface area (Å²) in [6, 6.07) is 7.19. The molecular formula is C15H20N2O2. The summed E-state index contributed by atoms with van der Waals surface area (Å²) in [5, 5.41) is 5.73. The summed E-state index contributed by atoms with van der Waals surface area (Å²) in [6.45, 7) is 4.80. The van der Waals surface area contributed by atoms with Crippen molar-refractivity contribution in [2.75, 3.05) is 18.5 Å². The van der Waals surface area contributed by atoms with Crippen LogP contribution in [0.15, 0.2) is 24.3 Å². The number of hydrogen-bond donors (Lipinski definition) is 2. The van der Waals surface area contributed by atoms with Gasteiger partial charge in [-0.15, -0.1) is 6.42 Å². The maximum absolute atomic E-state index is 11.6. The van der Waals surface area contributed by atoms with Crippen LogP contribution in [-0.4, -0.2) is 25.1 Å². The fourth-order valence-corrected chi connectivity index (χ4v) is 1.47. The Morgan fingerprint density at radius 3 is 2.68 bits per heavy atom. The van der Waals surface area contributed by atoms with Crippen molar-refractivity contribution in [3.05, 3.63) is 24.3 Å². The molecule has 0 saturated carbocycles. The molecule has 0 fully saturated rings. The zero-order valence-electron chi connectivity index (χ0n) is 11.4. The Morgan fingerprint density at radius 1 is 1.42 bits per heavy atom. The molecule has 0 radical (unpaired) electrons. The number of carbonyl (C=O) groups is 1. The highest BCUT2D eigenvalue weighted by Gasteiger charge is 2.11. The Balaban J connectivity index is 2.48. The van der Waals surface area contributed by atoms with Crippen LogP contribution in [0.2, 0.25) is 0 Å². The minimum atomic E-state index is -0.337. The zero-order chi connectivity index (χ0) is 14.1. The lowest BCUT2D eigenvalue weighted by atomic mass is 10.2. The van der Waals surface area contributed by atoms with Gasteiger partial charge in [0.2, 0.25) is 5.91 Å². The summed E-state index contributed by atoms with van der Waals surface area (Å²) >= 11 is 0. The molecule has 19 heavy (non-hydrogen) atoms. The molecular weight excluding hydrogens is 240 g/mol. The fourth-order valence-electron chi connectivity index (χ4n) is 1.47. The van der Waals surface area contributed by atoms with Crippen LogP contribution in [-0.2, 0) is 4.79 Å². The molecule has 1 unspecified atom stereocenters. The van der Waals surface area contributed by atoms with E-state index in [1.165, 1.54) is 0 Å². The minimum Gasteiger partial charge on any atom is -0.494 e. The Bertz CT molecular complexity index is 434. The summed E-state index contributed by atoms with van der Waals surface area (Å²) in [5.74, 6) is 3.08. The Labute approximate surface area is 114 Å². The van der Waals surface area contributed by atoms with Gasteiger partial charge >= 0.3 is 0 Å². The highest BCUT2D eigenvalue weighted by Crippen LogP contribution is 2.16. The number of hydrogen-bond acceptors (Lipinski definition) is 3. The summed E-state index contributed by atoms with van der Waals surface area (Å²) in [5.41, 5.74) is 0.868. The highest BCUT2D eigenvalue weighted by molar-refractivity contribution is 5.84. The van der Waals surface area contributed by atoms with Crippen LogP contribution in [0.3, 0.4) is 0 Å². The second-order valence-corrected chi connectivity index (χ2v) is 4.16. The minimum absolute atomic E-state index is 0.121. The van der Waals surface area contributed by atoms with Gasteiger partial charge in [0.05, 0.1) is 13.2 Å². The number of benzene rings is 1. The van der Waals surface area contributed by atoms with E-state index in [4.69, 9.17) is 11.2 Å². The van der Waals surface area contributed by atoms with Gasteiger partial charge < -0.3 is 15.4 Å². The van der Waals surface area contributed by atoms with E-state index in [-0.39, 0.29) is 18.5 Å². The summed E-state index contributed by atoms with van der Waals surface area (Å²) in [4.78, 5) is 11.6. The lowest BCUT2D eigenvalue weighted by Gasteiger charge is -2.14. The van der Waals surface area contributed by atoms with Crippen LogP contribution >= 0.6 is 0 Å². The predicted molar refractivity (Wildman–Crippen MR) is 77.2 cm³/mol. The average molecular weight is 260 g/mol. The molecule has 0 aromatic heterocycles. The number of nitrogens with one attached hydrogen (secondary N) is 2. The molecule has 0 aliphatic carbocycles. The zero-order valence-corrected chi connectivity index (χ0v) is 11.4. The summed E-state index contributed by atoms with van der Waals surface area (Å²) in [6.07, 6.45) is 6.07. The van der Waals surface area contributed by atoms with Crippen molar-refractivity contribution < 1.29 is 9.53 Å². The van der Waals surface area contributed by atoms with Crippen molar-refractivity contribution in [1.82, 2.24) is 5.32 Å². The van der Waals surface area contributed by atoms with Crippen molar-refractivity contribution in [2.24, 2.45) is 0 Å². The molecule has 0 aliphatic heterocycles. The van der Waals surface area contributed by atoms with E-state index >= 15 is 0 Å². The lowest BCUT2D eigenvalue weighted by molar-refractivity contribution is -0.121. The SMILES string of the molecule is C#CCNC(=O)C(C)Nc1ccc(OCCC)cc1. The van der Waals surface area contributed by atoms with Crippen molar-refractivity contribution in [2.45, 2.75) is 26.3 Å². The molecule has 1 aromatic carbocycles. The van der Waals surface area contributed by atoms with E-state index in [1.54, 1.807) is 6.92 Å². The molecule has 2 N–H and O–H groups in total. The number of anilines is 1. The summed E-state index contributed by atoms with van der Waals surface area (Å²) in [7, 11) is 0. The number of amides is 1. The van der Waals surface area contributed by atoms with Crippen molar-refractivity contribution in [3.63, 3.8) is 0 Å². The normalized spacial score (nSPS) is 11.2. The van der Waals surface area contributed by atoms with E-state index in [9.17, 15) is 4.79 Å². The molecule has 0 aliphatic rings. The third kappa shape index (κ3) is 5.35. The largest absolute Gasteiger partial charge is 0.494 e. The van der Waals surface area contributed by atoms with Crippen LogP contribution in [0.25, 0.3) is 0 Å². The van der Waals surface area contributed by atoms with Crippen molar-refractivity contribution >= 4 is 11.6 Å². The van der Waals surface area contributed by atoms with Gasteiger partial charge in [0.1, 0.15) is 11.8 Å². The standard InChI is InChI=1S/C15H20N2O2/c1-4-10-16-15(18)12(3)17-13-6-8-14(9-7-13)19-11-5-2/h1,6-9,12,17H,5,10-11H2,2-3H3,(H,16,18). The fraction of sp³-hybridized carbons (Fsp3) is 0.400. The first-order valence-electron chi connectivity index (χ1n) is 6.38. The molecule has 1 amide bonds. The van der Waals surface area contributed by atoms with Crippen LogP contribution in [0.1, 0.15) is 20.3 Å². The van der Waals surface area contributed by atoms with Crippen LogP contribution in [0.5, 0.6) is 5.75 Å². The van der Waals surface area contributed by atoms with E-state index in [1.807, 2.05) is 24.3 Å². The predicted octanol–water partition coefficient (Wildman–Crippen LogP) is 2.03. The second kappa shape index (κ2) is 8.04. The Morgan fingerprint density at radius 2 is 2.11 bits per heavy atom.